The van der Waals surface area contributed by atoms with Gasteiger partial charge < -0.3 is 14.8 Å². The molecule has 1 aliphatic rings. The lowest BCUT2D eigenvalue weighted by Crippen LogP contribution is -2.43. The third-order valence-electron chi connectivity index (χ3n) is 5.23. The van der Waals surface area contributed by atoms with Gasteiger partial charge in [0, 0.05) is 37.3 Å². The van der Waals surface area contributed by atoms with Gasteiger partial charge in [-0.1, -0.05) is 23.7 Å². The SMILES string of the molecule is COCCS(=O)(=O)c1ccc(C(=O)NCC(c2ccc(Cl)cc2)N2CCOCC2)cc1. The number of carbonyl (C=O) groups excluding carboxylic acids is 1. The first-order valence-corrected chi connectivity index (χ1v) is 12.1. The van der Waals surface area contributed by atoms with Crippen LogP contribution in [0.1, 0.15) is 22.0 Å². The molecule has 1 N–H and O–H groups in total. The number of morpholine rings is 1. The first kappa shape index (κ1) is 23.7. The second kappa shape index (κ2) is 11.1. The highest BCUT2D eigenvalue weighted by molar-refractivity contribution is 7.91. The van der Waals surface area contributed by atoms with Crippen LogP contribution < -0.4 is 5.32 Å². The molecule has 0 bridgehead atoms. The Balaban J connectivity index is 1.68. The van der Waals surface area contributed by atoms with Crippen molar-refractivity contribution in [3.63, 3.8) is 0 Å². The number of amides is 1. The molecule has 2 aromatic carbocycles. The summed E-state index contributed by atoms with van der Waals surface area (Å²) in [5.41, 5.74) is 1.47. The monoisotopic (exact) mass is 466 g/mol. The maximum absolute atomic E-state index is 12.7. The van der Waals surface area contributed by atoms with E-state index in [1.54, 1.807) is 0 Å². The van der Waals surface area contributed by atoms with Gasteiger partial charge in [0.05, 0.1) is 36.5 Å². The Morgan fingerprint density at radius 1 is 1.13 bits per heavy atom. The van der Waals surface area contributed by atoms with E-state index in [4.69, 9.17) is 21.1 Å². The molecule has 1 amide bonds. The van der Waals surface area contributed by atoms with Gasteiger partial charge in [-0.2, -0.15) is 0 Å². The fourth-order valence-electron chi connectivity index (χ4n) is 3.45. The molecule has 1 atom stereocenters. The molecule has 7 nitrogen and oxygen atoms in total. The number of halogens is 1. The Morgan fingerprint density at radius 2 is 1.77 bits per heavy atom. The molecule has 0 aromatic heterocycles. The van der Waals surface area contributed by atoms with Crippen LogP contribution in [0.2, 0.25) is 5.02 Å². The molecule has 0 aliphatic carbocycles. The van der Waals surface area contributed by atoms with Crippen molar-refractivity contribution in [1.82, 2.24) is 10.2 Å². The quantitative estimate of drug-likeness (QED) is 0.611. The van der Waals surface area contributed by atoms with Gasteiger partial charge in [0.1, 0.15) is 0 Å². The molecule has 168 valence electrons. The normalized spacial score (nSPS) is 16.1. The van der Waals surface area contributed by atoms with E-state index in [2.05, 4.69) is 10.2 Å². The Bertz CT molecular complexity index is 958. The van der Waals surface area contributed by atoms with Crippen LogP contribution in [0, 0.1) is 0 Å². The number of ether oxygens (including phenoxy) is 2. The van der Waals surface area contributed by atoms with Crippen molar-refractivity contribution in [2.24, 2.45) is 0 Å². The van der Waals surface area contributed by atoms with Gasteiger partial charge in [-0.05, 0) is 42.0 Å². The molecule has 31 heavy (non-hydrogen) atoms. The van der Waals surface area contributed by atoms with Gasteiger partial charge >= 0.3 is 0 Å². The van der Waals surface area contributed by atoms with Gasteiger partial charge in [0.2, 0.25) is 0 Å². The molecule has 0 radical (unpaired) electrons. The average molecular weight is 467 g/mol. The highest BCUT2D eigenvalue weighted by atomic mass is 35.5. The molecule has 3 rings (SSSR count). The summed E-state index contributed by atoms with van der Waals surface area (Å²) in [6.07, 6.45) is 0. The van der Waals surface area contributed by atoms with Crippen molar-refractivity contribution in [2.75, 3.05) is 52.3 Å². The summed E-state index contributed by atoms with van der Waals surface area (Å²) in [6.45, 7) is 3.38. The van der Waals surface area contributed by atoms with E-state index >= 15 is 0 Å². The van der Waals surface area contributed by atoms with E-state index in [1.165, 1.54) is 31.4 Å². The maximum atomic E-state index is 12.7. The lowest BCUT2D eigenvalue weighted by atomic mass is 10.0. The molecular formula is C22H27ClN2O5S. The average Bonchev–Trinajstić information content (AvgIpc) is 2.79. The summed E-state index contributed by atoms with van der Waals surface area (Å²) in [7, 11) is -1.98. The lowest BCUT2D eigenvalue weighted by molar-refractivity contribution is 0.0162. The Hall–Kier alpha value is -1.97. The van der Waals surface area contributed by atoms with Crippen LogP contribution in [-0.4, -0.2) is 71.5 Å². The molecule has 1 unspecified atom stereocenters. The van der Waals surface area contributed by atoms with Crippen molar-refractivity contribution >= 4 is 27.3 Å². The van der Waals surface area contributed by atoms with E-state index in [0.717, 1.165) is 18.7 Å². The highest BCUT2D eigenvalue weighted by Gasteiger charge is 2.23. The third-order valence-corrected chi connectivity index (χ3v) is 7.18. The fraction of sp³-hybridized carbons (Fsp3) is 0.409. The second-order valence-electron chi connectivity index (χ2n) is 7.26. The van der Waals surface area contributed by atoms with Gasteiger partial charge in [-0.3, -0.25) is 9.69 Å². The Kier molecular flexibility index (Phi) is 8.45. The minimum Gasteiger partial charge on any atom is -0.384 e. The predicted molar refractivity (Wildman–Crippen MR) is 119 cm³/mol. The van der Waals surface area contributed by atoms with Crippen LogP contribution in [0.25, 0.3) is 0 Å². The number of rotatable bonds is 9. The van der Waals surface area contributed by atoms with Crippen LogP contribution in [0.5, 0.6) is 0 Å². The summed E-state index contributed by atoms with van der Waals surface area (Å²) in [4.78, 5) is 15.2. The summed E-state index contributed by atoms with van der Waals surface area (Å²) in [5.74, 6) is -0.356. The second-order valence-corrected chi connectivity index (χ2v) is 9.81. The zero-order chi connectivity index (χ0) is 22.3. The van der Waals surface area contributed by atoms with Crippen molar-refractivity contribution in [3.05, 3.63) is 64.7 Å². The van der Waals surface area contributed by atoms with Crippen LogP contribution in [-0.2, 0) is 19.3 Å². The topological polar surface area (TPSA) is 84.9 Å². The molecule has 1 fully saturated rings. The van der Waals surface area contributed by atoms with Crippen LogP contribution >= 0.6 is 11.6 Å². The molecule has 0 saturated carbocycles. The zero-order valence-corrected chi connectivity index (χ0v) is 19.0. The minimum atomic E-state index is -3.43. The van der Waals surface area contributed by atoms with E-state index in [0.29, 0.717) is 30.3 Å². The molecule has 0 spiro atoms. The summed E-state index contributed by atoms with van der Waals surface area (Å²) in [5, 5.41) is 3.64. The Morgan fingerprint density at radius 3 is 2.39 bits per heavy atom. The van der Waals surface area contributed by atoms with Gasteiger partial charge in [0.25, 0.3) is 5.91 Å². The van der Waals surface area contributed by atoms with E-state index in [1.807, 2.05) is 24.3 Å². The first-order chi connectivity index (χ1) is 14.9. The summed E-state index contributed by atoms with van der Waals surface area (Å²) < 4.78 is 34.8. The van der Waals surface area contributed by atoms with Crippen molar-refractivity contribution < 1.29 is 22.7 Å². The van der Waals surface area contributed by atoms with Gasteiger partial charge in [-0.15, -0.1) is 0 Å². The zero-order valence-electron chi connectivity index (χ0n) is 17.4. The number of hydrogen-bond donors (Lipinski definition) is 1. The number of benzene rings is 2. The smallest absolute Gasteiger partial charge is 0.251 e. The first-order valence-electron chi connectivity index (χ1n) is 10.1. The van der Waals surface area contributed by atoms with Crippen LogP contribution in [0.4, 0.5) is 0 Å². The van der Waals surface area contributed by atoms with Gasteiger partial charge in [-0.25, -0.2) is 8.42 Å². The largest absolute Gasteiger partial charge is 0.384 e. The molecule has 2 aromatic rings. The molecule has 9 heteroatoms. The van der Waals surface area contributed by atoms with Crippen molar-refractivity contribution in [2.45, 2.75) is 10.9 Å². The van der Waals surface area contributed by atoms with Crippen LogP contribution in [0.3, 0.4) is 0 Å². The Labute approximate surface area is 188 Å². The predicted octanol–water partition coefficient (Wildman–Crippen LogP) is 2.56. The number of nitrogens with zero attached hydrogens (tertiary/aromatic N) is 1. The third kappa shape index (κ3) is 6.51. The number of hydrogen-bond acceptors (Lipinski definition) is 6. The van der Waals surface area contributed by atoms with Crippen molar-refractivity contribution in [1.29, 1.82) is 0 Å². The number of sulfone groups is 1. The molecule has 1 saturated heterocycles. The summed E-state index contributed by atoms with van der Waals surface area (Å²) >= 11 is 6.03. The van der Waals surface area contributed by atoms with Crippen LogP contribution in [0.15, 0.2) is 53.4 Å². The fourth-order valence-corrected chi connectivity index (χ4v) is 4.75. The lowest BCUT2D eigenvalue weighted by Gasteiger charge is -2.35. The highest BCUT2D eigenvalue weighted by Crippen LogP contribution is 2.23. The summed E-state index contributed by atoms with van der Waals surface area (Å²) in [6, 6.07) is 13.6. The maximum Gasteiger partial charge on any atom is 0.251 e. The number of nitrogens with one attached hydrogen (secondary N) is 1. The minimum absolute atomic E-state index is 0.0150. The number of carbonyl (C=O) groups is 1. The van der Waals surface area contributed by atoms with E-state index < -0.39 is 9.84 Å². The number of methoxy groups -OCH3 is 1. The molecular weight excluding hydrogens is 440 g/mol. The van der Waals surface area contributed by atoms with Crippen molar-refractivity contribution in [3.8, 4) is 0 Å². The van der Waals surface area contributed by atoms with E-state index in [9.17, 15) is 13.2 Å². The van der Waals surface area contributed by atoms with E-state index in [-0.39, 0.29) is 29.2 Å². The molecule has 1 heterocycles. The molecule has 1 aliphatic heterocycles. The standard InChI is InChI=1S/C22H27ClN2O5S/c1-29-14-15-31(27,28)20-8-4-18(5-9-20)22(26)24-16-21(25-10-12-30-13-11-25)17-2-6-19(23)7-3-17/h2-9,21H,10-16H2,1H3,(H,24,26). The van der Waals surface area contributed by atoms with Gasteiger partial charge in [0.15, 0.2) is 9.84 Å².